The Bertz CT molecular complexity index is 466. The van der Waals surface area contributed by atoms with Crippen molar-refractivity contribution in [2.45, 2.75) is 46.1 Å². The Hall–Kier alpha value is -1.21. The van der Waals surface area contributed by atoms with Crippen LogP contribution in [0.3, 0.4) is 0 Å². The largest absolute Gasteiger partial charge is 0.367 e. The topological polar surface area (TPSA) is 92.9 Å². The van der Waals surface area contributed by atoms with Crippen molar-refractivity contribution in [1.82, 2.24) is 9.97 Å². The van der Waals surface area contributed by atoms with Gasteiger partial charge in [0.05, 0.1) is 0 Å². The first kappa shape index (κ1) is 16.8. The normalized spacial score (nSPS) is 13.8. The molecule has 0 amide bonds. The lowest BCUT2D eigenvalue weighted by molar-refractivity contribution is 0.678. The predicted molar refractivity (Wildman–Crippen MR) is 85.2 cm³/mol. The summed E-state index contributed by atoms with van der Waals surface area (Å²) < 4.78 is 11.1. The van der Waals surface area contributed by atoms with Crippen molar-refractivity contribution >= 4 is 22.4 Å². The Morgan fingerprint density at radius 1 is 1.35 bits per heavy atom. The minimum absolute atomic E-state index is 0.201. The van der Waals surface area contributed by atoms with Gasteiger partial charge < -0.3 is 10.7 Å². The third-order valence-electron chi connectivity index (χ3n) is 3.02. The summed E-state index contributed by atoms with van der Waals surface area (Å²) in [4.78, 5) is 8.93. The van der Waals surface area contributed by atoms with E-state index in [1.807, 2.05) is 6.92 Å². The molecular formula is C13H25N5OS. The van der Waals surface area contributed by atoms with Gasteiger partial charge in [0, 0.05) is 40.8 Å². The lowest BCUT2D eigenvalue weighted by atomic mass is 10.2. The van der Waals surface area contributed by atoms with Crippen LogP contribution in [-0.4, -0.2) is 32.2 Å². The van der Waals surface area contributed by atoms with Crippen LogP contribution in [0.4, 0.5) is 11.6 Å². The second kappa shape index (κ2) is 8.16. The quantitative estimate of drug-likeness (QED) is 0.498. The Balaban J connectivity index is 2.86. The number of aryl methyl sites for hydroxylation is 1. The average molecular weight is 299 g/mol. The molecular weight excluding hydrogens is 274 g/mol. The highest BCUT2D eigenvalue weighted by Crippen LogP contribution is 2.20. The zero-order valence-electron chi connectivity index (χ0n) is 12.7. The highest BCUT2D eigenvalue weighted by Gasteiger charge is 2.12. The molecule has 0 aliphatic carbocycles. The minimum Gasteiger partial charge on any atom is -0.367 e. The van der Waals surface area contributed by atoms with Crippen molar-refractivity contribution in [2.24, 2.45) is 5.84 Å². The molecule has 7 heteroatoms. The standard InChI is InChI=1S/C13H25N5OS/c1-5-6-11-16-12(10(3)13(17-11)18-14)15-9(2)7-8-20(4)19/h9H,5-8,14H2,1-4H3,(H2,15,16,17,18). The second-order valence-electron chi connectivity index (χ2n) is 4.97. The van der Waals surface area contributed by atoms with E-state index in [2.05, 4.69) is 34.6 Å². The van der Waals surface area contributed by atoms with Gasteiger partial charge >= 0.3 is 0 Å². The number of nitrogen functional groups attached to an aromatic ring is 1. The highest BCUT2D eigenvalue weighted by molar-refractivity contribution is 7.84. The van der Waals surface area contributed by atoms with E-state index in [-0.39, 0.29) is 6.04 Å². The van der Waals surface area contributed by atoms with E-state index >= 15 is 0 Å². The Morgan fingerprint density at radius 3 is 2.55 bits per heavy atom. The van der Waals surface area contributed by atoms with Gasteiger partial charge in [-0.05, 0) is 26.7 Å². The molecule has 1 aromatic heterocycles. The molecule has 0 spiro atoms. The third kappa shape index (κ3) is 5.05. The van der Waals surface area contributed by atoms with Crippen molar-refractivity contribution in [3.05, 3.63) is 11.4 Å². The number of nitrogens with one attached hydrogen (secondary N) is 2. The van der Waals surface area contributed by atoms with Gasteiger partial charge in [0.1, 0.15) is 17.5 Å². The van der Waals surface area contributed by atoms with Crippen molar-refractivity contribution in [3.8, 4) is 0 Å². The van der Waals surface area contributed by atoms with E-state index in [4.69, 9.17) is 5.84 Å². The summed E-state index contributed by atoms with van der Waals surface area (Å²) in [5.41, 5.74) is 3.52. The molecule has 2 unspecified atom stereocenters. The molecule has 114 valence electrons. The van der Waals surface area contributed by atoms with E-state index < -0.39 is 10.8 Å². The molecule has 0 saturated carbocycles. The van der Waals surface area contributed by atoms with Crippen molar-refractivity contribution in [2.75, 3.05) is 22.8 Å². The molecule has 0 saturated heterocycles. The van der Waals surface area contributed by atoms with E-state index in [1.165, 1.54) is 0 Å². The summed E-state index contributed by atoms with van der Waals surface area (Å²) in [7, 11) is -0.768. The van der Waals surface area contributed by atoms with Gasteiger partial charge in [0.25, 0.3) is 0 Å². The summed E-state index contributed by atoms with van der Waals surface area (Å²) in [5, 5.41) is 3.36. The van der Waals surface area contributed by atoms with Crippen LogP contribution in [-0.2, 0) is 17.2 Å². The molecule has 1 heterocycles. The summed E-state index contributed by atoms with van der Waals surface area (Å²) in [6.07, 6.45) is 4.35. The first-order valence-corrected chi connectivity index (χ1v) is 8.61. The van der Waals surface area contributed by atoms with E-state index in [0.717, 1.165) is 36.5 Å². The number of aromatic nitrogens is 2. The summed E-state index contributed by atoms with van der Waals surface area (Å²) >= 11 is 0. The Labute approximate surface area is 123 Å². The fourth-order valence-corrected chi connectivity index (χ4v) is 2.51. The summed E-state index contributed by atoms with van der Waals surface area (Å²) in [6.45, 7) is 6.08. The maximum absolute atomic E-state index is 11.1. The number of rotatable bonds is 8. The molecule has 4 N–H and O–H groups in total. The van der Waals surface area contributed by atoms with Gasteiger partial charge in [0.15, 0.2) is 0 Å². The molecule has 2 atom stereocenters. The molecule has 0 aliphatic heterocycles. The molecule has 0 fully saturated rings. The number of anilines is 2. The molecule has 1 rings (SSSR count). The SMILES string of the molecule is CCCc1nc(NN)c(C)c(NC(C)CCS(C)=O)n1. The van der Waals surface area contributed by atoms with Crippen LogP contribution in [0.2, 0.25) is 0 Å². The van der Waals surface area contributed by atoms with Gasteiger partial charge in [-0.2, -0.15) is 0 Å². The van der Waals surface area contributed by atoms with Gasteiger partial charge in [-0.25, -0.2) is 15.8 Å². The predicted octanol–water partition coefficient (Wildman–Crippen LogP) is 1.59. The van der Waals surface area contributed by atoms with Crippen LogP contribution in [0.15, 0.2) is 0 Å². The van der Waals surface area contributed by atoms with Crippen LogP contribution in [0.25, 0.3) is 0 Å². The Morgan fingerprint density at radius 2 is 2.00 bits per heavy atom. The molecule has 0 radical (unpaired) electrons. The fraction of sp³-hybridized carbons (Fsp3) is 0.692. The zero-order chi connectivity index (χ0) is 15.1. The maximum atomic E-state index is 11.1. The summed E-state index contributed by atoms with van der Waals surface area (Å²) in [5.74, 6) is 8.41. The van der Waals surface area contributed by atoms with Crippen LogP contribution >= 0.6 is 0 Å². The van der Waals surface area contributed by atoms with Gasteiger partial charge in [0.2, 0.25) is 0 Å². The van der Waals surface area contributed by atoms with Crippen molar-refractivity contribution in [3.63, 3.8) is 0 Å². The van der Waals surface area contributed by atoms with Crippen molar-refractivity contribution < 1.29 is 4.21 Å². The van der Waals surface area contributed by atoms with Crippen molar-refractivity contribution in [1.29, 1.82) is 0 Å². The van der Waals surface area contributed by atoms with Crippen LogP contribution in [0, 0.1) is 6.92 Å². The fourth-order valence-electron chi connectivity index (χ4n) is 1.83. The van der Waals surface area contributed by atoms with Crippen LogP contribution in [0.1, 0.15) is 38.1 Å². The molecule has 1 aromatic rings. The Kier molecular flexibility index (Phi) is 6.87. The minimum atomic E-state index is -0.768. The second-order valence-corrected chi connectivity index (χ2v) is 6.52. The number of nitrogens with two attached hydrogens (primary N) is 1. The number of nitrogens with zero attached hydrogens (tertiary/aromatic N) is 2. The lowest BCUT2D eigenvalue weighted by Gasteiger charge is -2.18. The van der Waals surface area contributed by atoms with Crippen LogP contribution in [0.5, 0.6) is 0 Å². The molecule has 0 bridgehead atoms. The summed E-state index contributed by atoms with van der Waals surface area (Å²) in [6, 6.07) is 0.201. The average Bonchev–Trinajstić information content (AvgIpc) is 2.40. The smallest absolute Gasteiger partial charge is 0.148 e. The molecule has 6 nitrogen and oxygen atoms in total. The van der Waals surface area contributed by atoms with E-state index in [9.17, 15) is 4.21 Å². The van der Waals surface area contributed by atoms with Gasteiger partial charge in [-0.3, -0.25) is 4.21 Å². The molecule has 20 heavy (non-hydrogen) atoms. The zero-order valence-corrected chi connectivity index (χ0v) is 13.5. The van der Waals surface area contributed by atoms with E-state index in [1.54, 1.807) is 6.26 Å². The number of hydrogen-bond donors (Lipinski definition) is 3. The maximum Gasteiger partial charge on any atom is 0.148 e. The molecule has 0 aromatic carbocycles. The van der Waals surface area contributed by atoms with E-state index in [0.29, 0.717) is 11.6 Å². The number of hydrazine groups is 1. The van der Waals surface area contributed by atoms with Gasteiger partial charge in [-0.1, -0.05) is 6.92 Å². The highest BCUT2D eigenvalue weighted by atomic mass is 32.2. The van der Waals surface area contributed by atoms with Gasteiger partial charge in [-0.15, -0.1) is 0 Å². The number of hydrogen-bond acceptors (Lipinski definition) is 6. The first-order valence-electron chi connectivity index (χ1n) is 6.88. The third-order valence-corrected chi connectivity index (χ3v) is 3.83. The van der Waals surface area contributed by atoms with Crippen LogP contribution < -0.4 is 16.6 Å². The first-order chi connectivity index (χ1) is 9.47. The lowest BCUT2D eigenvalue weighted by Crippen LogP contribution is -2.21. The molecule has 0 aliphatic rings. The monoisotopic (exact) mass is 299 g/mol.